The van der Waals surface area contributed by atoms with Crippen molar-refractivity contribution in [1.82, 2.24) is 0 Å². The molecule has 0 aliphatic carbocycles. The maximum Gasteiger partial charge on any atom is 0.255 e. The SMILES string of the molecule is COc1ccc(C(=O)Nc2cc(Cl)ccc2Oc2ccccc2)cc1CSc1ccc(C)cc1. The van der Waals surface area contributed by atoms with E-state index in [1.807, 2.05) is 42.5 Å². The molecule has 0 saturated carbocycles. The van der Waals surface area contributed by atoms with Crippen molar-refractivity contribution < 1.29 is 14.3 Å². The molecular formula is C28H24ClNO3S. The van der Waals surface area contributed by atoms with Crippen LogP contribution in [-0.4, -0.2) is 13.0 Å². The van der Waals surface area contributed by atoms with Crippen molar-refractivity contribution in [2.45, 2.75) is 17.6 Å². The minimum absolute atomic E-state index is 0.260. The van der Waals surface area contributed by atoms with Crippen LogP contribution in [0.3, 0.4) is 0 Å². The van der Waals surface area contributed by atoms with E-state index in [1.54, 1.807) is 43.1 Å². The van der Waals surface area contributed by atoms with Gasteiger partial charge in [0.25, 0.3) is 5.91 Å². The number of thioether (sulfide) groups is 1. The van der Waals surface area contributed by atoms with Crippen LogP contribution in [0, 0.1) is 6.92 Å². The molecule has 4 nitrogen and oxygen atoms in total. The standard InChI is InChI=1S/C28H24ClNO3S/c1-19-8-12-24(13-9-19)34-18-21-16-20(10-14-26(21)32-2)28(31)30-25-17-22(29)11-15-27(25)33-23-6-4-3-5-7-23/h3-17H,18H2,1-2H3,(H,30,31). The Hall–Kier alpha value is -3.41. The lowest BCUT2D eigenvalue weighted by molar-refractivity contribution is 0.102. The first-order chi connectivity index (χ1) is 16.5. The molecule has 0 aromatic heterocycles. The molecular weight excluding hydrogens is 466 g/mol. The third kappa shape index (κ3) is 6.13. The van der Waals surface area contributed by atoms with E-state index in [0.29, 0.717) is 33.5 Å². The fourth-order valence-electron chi connectivity index (χ4n) is 3.33. The monoisotopic (exact) mass is 489 g/mol. The maximum atomic E-state index is 13.1. The number of carbonyl (C=O) groups is 1. The maximum absolute atomic E-state index is 13.1. The fraction of sp³-hybridized carbons (Fsp3) is 0.107. The Morgan fingerprint density at radius 1 is 0.912 bits per heavy atom. The number of ether oxygens (including phenoxy) is 2. The van der Waals surface area contributed by atoms with Gasteiger partial charge in [-0.2, -0.15) is 0 Å². The molecule has 1 amide bonds. The van der Waals surface area contributed by atoms with E-state index in [-0.39, 0.29) is 5.91 Å². The molecule has 0 atom stereocenters. The Morgan fingerprint density at radius 3 is 2.38 bits per heavy atom. The molecule has 0 saturated heterocycles. The van der Waals surface area contributed by atoms with Crippen LogP contribution in [0.1, 0.15) is 21.5 Å². The zero-order valence-corrected chi connectivity index (χ0v) is 20.5. The van der Waals surface area contributed by atoms with E-state index in [1.165, 1.54) is 5.56 Å². The van der Waals surface area contributed by atoms with Crippen LogP contribution >= 0.6 is 23.4 Å². The van der Waals surface area contributed by atoms with E-state index in [4.69, 9.17) is 21.1 Å². The van der Waals surface area contributed by atoms with Gasteiger partial charge >= 0.3 is 0 Å². The normalized spacial score (nSPS) is 10.6. The van der Waals surface area contributed by atoms with Crippen LogP contribution in [0.2, 0.25) is 5.02 Å². The van der Waals surface area contributed by atoms with Crippen molar-refractivity contribution in [2.75, 3.05) is 12.4 Å². The molecule has 4 rings (SSSR count). The first-order valence-electron chi connectivity index (χ1n) is 10.7. The number of rotatable bonds is 8. The molecule has 0 fully saturated rings. The Morgan fingerprint density at radius 2 is 1.65 bits per heavy atom. The van der Waals surface area contributed by atoms with Crippen LogP contribution in [0.25, 0.3) is 0 Å². The summed E-state index contributed by atoms with van der Waals surface area (Å²) < 4.78 is 11.5. The van der Waals surface area contributed by atoms with E-state index in [2.05, 4.69) is 36.5 Å². The van der Waals surface area contributed by atoms with Crippen LogP contribution in [-0.2, 0) is 5.75 Å². The Bertz CT molecular complexity index is 1280. The number of anilines is 1. The van der Waals surface area contributed by atoms with Crippen LogP contribution < -0.4 is 14.8 Å². The van der Waals surface area contributed by atoms with Gasteiger partial charge in [0.2, 0.25) is 0 Å². The minimum Gasteiger partial charge on any atom is -0.496 e. The topological polar surface area (TPSA) is 47.6 Å². The molecule has 6 heteroatoms. The number of amides is 1. The van der Waals surface area contributed by atoms with Crippen molar-refractivity contribution in [2.24, 2.45) is 0 Å². The van der Waals surface area contributed by atoms with Gasteiger partial charge in [-0.1, -0.05) is 47.5 Å². The third-order valence-corrected chi connectivity index (χ3v) is 6.41. The highest BCUT2D eigenvalue weighted by Crippen LogP contribution is 2.33. The average molecular weight is 490 g/mol. The molecule has 0 unspecified atom stereocenters. The zero-order valence-electron chi connectivity index (χ0n) is 18.9. The highest BCUT2D eigenvalue weighted by atomic mass is 35.5. The van der Waals surface area contributed by atoms with Crippen LogP contribution in [0.15, 0.2) is 95.9 Å². The number of hydrogen-bond donors (Lipinski definition) is 1. The Kier molecular flexibility index (Phi) is 7.78. The second-order valence-electron chi connectivity index (χ2n) is 7.64. The van der Waals surface area contributed by atoms with Gasteiger partial charge in [0, 0.05) is 26.8 Å². The molecule has 0 aliphatic rings. The molecule has 4 aromatic carbocycles. The van der Waals surface area contributed by atoms with Gasteiger partial charge in [0.15, 0.2) is 5.75 Å². The molecule has 0 spiro atoms. The molecule has 1 N–H and O–H groups in total. The summed E-state index contributed by atoms with van der Waals surface area (Å²) in [6.45, 7) is 2.07. The number of para-hydroxylation sites is 1. The smallest absolute Gasteiger partial charge is 0.255 e. The van der Waals surface area contributed by atoms with E-state index >= 15 is 0 Å². The summed E-state index contributed by atoms with van der Waals surface area (Å²) in [4.78, 5) is 14.3. The lowest BCUT2D eigenvalue weighted by atomic mass is 10.1. The van der Waals surface area contributed by atoms with Gasteiger partial charge in [-0.05, 0) is 67.6 Å². The number of nitrogens with one attached hydrogen (secondary N) is 1. The summed E-state index contributed by atoms with van der Waals surface area (Å²) >= 11 is 7.89. The van der Waals surface area contributed by atoms with Gasteiger partial charge in [-0.25, -0.2) is 0 Å². The second kappa shape index (κ2) is 11.1. The lowest BCUT2D eigenvalue weighted by Crippen LogP contribution is -2.13. The summed E-state index contributed by atoms with van der Waals surface area (Å²) in [6, 6.07) is 28.3. The highest BCUT2D eigenvalue weighted by Gasteiger charge is 2.14. The highest BCUT2D eigenvalue weighted by molar-refractivity contribution is 7.98. The molecule has 0 bridgehead atoms. The molecule has 172 valence electrons. The molecule has 0 heterocycles. The summed E-state index contributed by atoms with van der Waals surface area (Å²) in [6.07, 6.45) is 0. The lowest BCUT2D eigenvalue weighted by Gasteiger charge is -2.14. The molecule has 0 aliphatic heterocycles. The number of aryl methyl sites for hydroxylation is 1. The van der Waals surface area contributed by atoms with E-state index < -0.39 is 0 Å². The van der Waals surface area contributed by atoms with Gasteiger partial charge in [0.05, 0.1) is 12.8 Å². The van der Waals surface area contributed by atoms with Crippen molar-refractivity contribution >= 4 is 35.0 Å². The van der Waals surface area contributed by atoms with Crippen LogP contribution in [0.5, 0.6) is 17.2 Å². The van der Waals surface area contributed by atoms with E-state index in [0.717, 1.165) is 16.2 Å². The number of carbonyl (C=O) groups excluding carboxylic acids is 1. The summed E-state index contributed by atoms with van der Waals surface area (Å²) in [5.74, 6) is 2.33. The van der Waals surface area contributed by atoms with Gasteiger partial charge in [-0.15, -0.1) is 11.8 Å². The van der Waals surface area contributed by atoms with Crippen molar-refractivity contribution in [3.63, 3.8) is 0 Å². The minimum atomic E-state index is -0.260. The fourth-order valence-corrected chi connectivity index (χ4v) is 4.38. The Balaban J connectivity index is 1.53. The largest absolute Gasteiger partial charge is 0.496 e. The number of halogens is 1. The second-order valence-corrected chi connectivity index (χ2v) is 9.12. The first-order valence-corrected chi connectivity index (χ1v) is 12.1. The average Bonchev–Trinajstić information content (AvgIpc) is 2.86. The molecule has 34 heavy (non-hydrogen) atoms. The zero-order chi connectivity index (χ0) is 23.9. The summed E-state index contributed by atoms with van der Waals surface area (Å²) in [5, 5.41) is 3.44. The van der Waals surface area contributed by atoms with Crippen molar-refractivity contribution in [3.8, 4) is 17.2 Å². The van der Waals surface area contributed by atoms with Crippen LogP contribution in [0.4, 0.5) is 5.69 Å². The van der Waals surface area contributed by atoms with Crippen molar-refractivity contribution in [1.29, 1.82) is 0 Å². The molecule has 0 radical (unpaired) electrons. The first kappa shape index (κ1) is 23.7. The predicted octanol–water partition coefficient (Wildman–Crippen LogP) is 7.99. The van der Waals surface area contributed by atoms with Crippen molar-refractivity contribution in [3.05, 3.63) is 113 Å². The number of methoxy groups -OCH3 is 1. The third-order valence-electron chi connectivity index (χ3n) is 5.12. The predicted molar refractivity (Wildman–Crippen MR) is 140 cm³/mol. The number of hydrogen-bond acceptors (Lipinski definition) is 4. The summed E-state index contributed by atoms with van der Waals surface area (Å²) in [7, 11) is 1.63. The van der Waals surface area contributed by atoms with Gasteiger partial charge < -0.3 is 14.8 Å². The van der Waals surface area contributed by atoms with Gasteiger partial charge in [-0.3, -0.25) is 4.79 Å². The van der Waals surface area contributed by atoms with E-state index in [9.17, 15) is 4.79 Å². The van der Waals surface area contributed by atoms with Gasteiger partial charge in [0.1, 0.15) is 11.5 Å². The molecule has 4 aromatic rings. The summed E-state index contributed by atoms with van der Waals surface area (Å²) in [5.41, 5.74) is 3.17. The number of benzene rings is 4. The Labute approximate surface area is 208 Å². The quantitative estimate of drug-likeness (QED) is 0.255.